The quantitative estimate of drug-likeness (QED) is 0.818. The molecule has 1 atom stereocenters. The molecule has 0 fully saturated rings. The first kappa shape index (κ1) is 13.8. The minimum atomic E-state index is -0.524. The number of nitrogens with zero attached hydrogens (tertiary/aromatic N) is 2. The molecule has 0 N–H and O–H groups in total. The Morgan fingerprint density at radius 3 is 3.10 bits per heavy atom. The maximum Gasteiger partial charge on any atom is 0.374 e. The van der Waals surface area contributed by atoms with Gasteiger partial charge < -0.3 is 9.30 Å². The van der Waals surface area contributed by atoms with Gasteiger partial charge in [-0.05, 0) is 24.6 Å². The second-order valence-corrected chi connectivity index (χ2v) is 5.20. The highest BCUT2D eigenvalue weighted by Gasteiger charge is 2.34. The highest BCUT2D eigenvalue weighted by Crippen LogP contribution is 2.32. The fraction of sp³-hybridized carbons (Fsp3) is 0.267. The molecular formula is C15H13ClN2O3. The van der Waals surface area contributed by atoms with E-state index in [9.17, 15) is 9.59 Å². The van der Waals surface area contributed by atoms with Gasteiger partial charge in [-0.15, -0.1) is 0 Å². The summed E-state index contributed by atoms with van der Waals surface area (Å²) in [6.07, 6.45) is 3.64. The van der Waals surface area contributed by atoms with Crippen LogP contribution in [-0.4, -0.2) is 27.9 Å². The Morgan fingerprint density at radius 1 is 1.52 bits per heavy atom. The van der Waals surface area contributed by atoms with Gasteiger partial charge in [0.2, 0.25) is 5.82 Å². The summed E-state index contributed by atoms with van der Waals surface area (Å²) in [5.41, 5.74) is 1.54. The number of halogens is 1. The summed E-state index contributed by atoms with van der Waals surface area (Å²) in [5.74, 6) is -0.436. The number of fused-ring (bicyclic) bond motifs is 1. The summed E-state index contributed by atoms with van der Waals surface area (Å²) in [7, 11) is 0. The van der Waals surface area contributed by atoms with E-state index in [1.165, 1.54) is 6.20 Å². The van der Waals surface area contributed by atoms with Crippen molar-refractivity contribution < 1.29 is 14.3 Å². The van der Waals surface area contributed by atoms with Gasteiger partial charge in [-0.25, -0.2) is 9.78 Å². The number of hydrogen-bond donors (Lipinski definition) is 0. The zero-order valence-corrected chi connectivity index (χ0v) is 12.1. The average Bonchev–Trinajstić information content (AvgIpc) is 3.05. The van der Waals surface area contributed by atoms with Gasteiger partial charge >= 0.3 is 5.97 Å². The molecule has 0 radical (unpaired) electrons. The molecule has 5 nitrogen and oxygen atoms in total. The number of aromatic nitrogens is 2. The number of carbonyl (C=O) groups excluding carboxylic acids is 2. The molecule has 1 aromatic carbocycles. The number of benzene rings is 1. The number of imidazole rings is 1. The molecule has 3 rings (SSSR count). The highest BCUT2D eigenvalue weighted by molar-refractivity contribution is 6.31. The molecule has 1 unspecified atom stereocenters. The van der Waals surface area contributed by atoms with Crippen LogP contribution in [0.25, 0.3) is 0 Å². The van der Waals surface area contributed by atoms with Gasteiger partial charge in [0.05, 0.1) is 6.61 Å². The average molecular weight is 305 g/mol. The zero-order valence-electron chi connectivity index (χ0n) is 11.4. The summed E-state index contributed by atoms with van der Waals surface area (Å²) in [5, 5.41) is 0.527. The molecule has 1 aromatic heterocycles. The Hall–Kier alpha value is -2.14. The van der Waals surface area contributed by atoms with E-state index in [2.05, 4.69) is 4.98 Å². The first-order chi connectivity index (χ1) is 10.1. The molecule has 0 aliphatic heterocycles. The second kappa shape index (κ2) is 5.33. The van der Waals surface area contributed by atoms with Crippen LogP contribution in [0, 0.1) is 0 Å². The van der Waals surface area contributed by atoms with Crippen molar-refractivity contribution in [2.24, 2.45) is 0 Å². The third-order valence-corrected chi connectivity index (χ3v) is 3.75. The molecule has 0 amide bonds. The van der Waals surface area contributed by atoms with Crippen LogP contribution in [0.2, 0.25) is 5.02 Å². The predicted molar refractivity (Wildman–Crippen MR) is 76.7 cm³/mol. The van der Waals surface area contributed by atoms with Crippen LogP contribution in [0.15, 0.2) is 30.6 Å². The van der Waals surface area contributed by atoms with Crippen LogP contribution in [0.5, 0.6) is 0 Å². The molecular weight excluding hydrogens is 292 g/mol. The van der Waals surface area contributed by atoms with Crippen LogP contribution < -0.4 is 0 Å². The smallest absolute Gasteiger partial charge is 0.374 e. The van der Waals surface area contributed by atoms with E-state index in [4.69, 9.17) is 16.3 Å². The maximum absolute atomic E-state index is 12.5. The maximum atomic E-state index is 12.5. The van der Waals surface area contributed by atoms with Gasteiger partial charge in [-0.2, -0.15) is 0 Å². The number of ether oxygens (including phenoxy) is 1. The van der Waals surface area contributed by atoms with Crippen LogP contribution in [0.4, 0.5) is 0 Å². The molecule has 0 saturated heterocycles. The molecule has 2 aromatic rings. The van der Waals surface area contributed by atoms with Crippen LogP contribution in [0.1, 0.15) is 39.5 Å². The monoisotopic (exact) mass is 304 g/mol. The lowest BCUT2D eigenvalue weighted by molar-refractivity contribution is 0.0504. The predicted octanol–water partition coefficient (Wildman–Crippen LogP) is 2.69. The molecule has 1 aliphatic rings. The van der Waals surface area contributed by atoms with Crippen LogP contribution in [0.3, 0.4) is 0 Å². The molecule has 6 heteroatoms. The first-order valence-corrected chi connectivity index (χ1v) is 7.02. The van der Waals surface area contributed by atoms with Crippen LogP contribution in [-0.2, 0) is 11.2 Å². The minimum absolute atomic E-state index is 0.0592. The van der Waals surface area contributed by atoms with Gasteiger partial charge in [-0.1, -0.05) is 17.7 Å². The third-order valence-electron chi connectivity index (χ3n) is 3.52. The summed E-state index contributed by atoms with van der Waals surface area (Å²) in [4.78, 5) is 28.4. The Morgan fingerprint density at radius 2 is 2.33 bits per heavy atom. The van der Waals surface area contributed by atoms with Gasteiger partial charge in [0.1, 0.15) is 6.04 Å². The van der Waals surface area contributed by atoms with Gasteiger partial charge in [-0.3, -0.25) is 4.79 Å². The van der Waals surface area contributed by atoms with Crippen molar-refractivity contribution in [3.8, 4) is 0 Å². The van der Waals surface area contributed by atoms with Gasteiger partial charge in [0.25, 0.3) is 0 Å². The number of rotatable bonds is 3. The number of Topliss-reactive ketones (excluding diaryl/α,β-unsaturated/α-hetero) is 1. The Kier molecular flexibility index (Phi) is 3.51. The van der Waals surface area contributed by atoms with Crippen molar-refractivity contribution in [1.29, 1.82) is 0 Å². The molecule has 0 bridgehead atoms. The second-order valence-electron chi connectivity index (χ2n) is 4.76. The van der Waals surface area contributed by atoms with Crippen molar-refractivity contribution in [3.63, 3.8) is 0 Å². The summed E-state index contributed by atoms with van der Waals surface area (Å²) < 4.78 is 6.54. The van der Waals surface area contributed by atoms with E-state index in [1.807, 2.05) is 6.07 Å². The number of hydrogen-bond acceptors (Lipinski definition) is 4. The van der Waals surface area contributed by atoms with E-state index in [0.717, 1.165) is 5.56 Å². The number of carbonyl (C=O) groups is 2. The molecule has 1 aliphatic carbocycles. The lowest BCUT2D eigenvalue weighted by Crippen LogP contribution is -2.21. The van der Waals surface area contributed by atoms with Crippen molar-refractivity contribution in [3.05, 3.63) is 52.6 Å². The van der Waals surface area contributed by atoms with E-state index >= 15 is 0 Å². The summed E-state index contributed by atoms with van der Waals surface area (Å²) >= 11 is 5.94. The van der Waals surface area contributed by atoms with Crippen molar-refractivity contribution in [2.75, 3.05) is 6.61 Å². The highest BCUT2D eigenvalue weighted by atomic mass is 35.5. The minimum Gasteiger partial charge on any atom is -0.460 e. The van der Waals surface area contributed by atoms with Crippen molar-refractivity contribution in [2.45, 2.75) is 19.4 Å². The summed E-state index contributed by atoms with van der Waals surface area (Å²) in [6.45, 7) is 1.99. The van der Waals surface area contributed by atoms with E-state index < -0.39 is 12.0 Å². The van der Waals surface area contributed by atoms with Gasteiger partial charge in [0, 0.05) is 29.4 Å². The molecule has 1 heterocycles. The van der Waals surface area contributed by atoms with Gasteiger partial charge in [0.15, 0.2) is 5.78 Å². The molecule has 108 valence electrons. The first-order valence-electron chi connectivity index (χ1n) is 6.64. The van der Waals surface area contributed by atoms with E-state index in [1.54, 1.807) is 29.8 Å². The molecule has 0 saturated carbocycles. The number of ketones is 1. The lowest BCUT2D eigenvalue weighted by Gasteiger charge is -2.12. The fourth-order valence-electron chi connectivity index (χ4n) is 2.58. The van der Waals surface area contributed by atoms with E-state index in [-0.39, 0.29) is 18.2 Å². The topological polar surface area (TPSA) is 61.2 Å². The SMILES string of the molecule is CCOC(=O)c1nccn1C1Cc2ccc(Cl)cc2C1=O. The Labute approximate surface area is 126 Å². The zero-order chi connectivity index (χ0) is 15.0. The number of esters is 1. The largest absolute Gasteiger partial charge is 0.460 e. The lowest BCUT2D eigenvalue weighted by atomic mass is 10.1. The van der Waals surface area contributed by atoms with Crippen LogP contribution >= 0.6 is 11.6 Å². The van der Waals surface area contributed by atoms with Crippen molar-refractivity contribution >= 4 is 23.4 Å². The fourth-order valence-corrected chi connectivity index (χ4v) is 2.75. The third kappa shape index (κ3) is 2.34. The summed E-state index contributed by atoms with van der Waals surface area (Å²) in [6, 6.07) is 4.80. The molecule has 21 heavy (non-hydrogen) atoms. The van der Waals surface area contributed by atoms with Crippen molar-refractivity contribution in [1.82, 2.24) is 9.55 Å². The normalized spacial score (nSPS) is 16.9. The standard InChI is InChI=1S/C15H13ClN2O3/c1-2-21-15(20)14-17-5-6-18(14)12-7-9-3-4-10(16)8-11(9)13(12)19/h3-6,8,12H,2,7H2,1H3. The Bertz CT molecular complexity index is 723. The van der Waals surface area contributed by atoms with E-state index in [0.29, 0.717) is 17.0 Å². The molecule has 0 spiro atoms. The Balaban J connectivity index is 1.96.